The Morgan fingerprint density at radius 3 is 2.53 bits per heavy atom. The van der Waals surface area contributed by atoms with E-state index in [9.17, 15) is 24.3 Å². The van der Waals surface area contributed by atoms with Crippen LogP contribution in [0.5, 0.6) is 0 Å². The van der Waals surface area contributed by atoms with Crippen LogP contribution in [0, 0.1) is 5.92 Å². The third-order valence-electron chi connectivity index (χ3n) is 5.19. The lowest BCUT2D eigenvalue weighted by atomic mass is 9.83. The smallest absolute Gasteiger partial charge is 0.413 e. The normalized spacial score (nSPS) is 18.6. The Hall–Kier alpha value is -3.47. The van der Waals surface area contributed by atoms with Crippen LogP contribution in [0.4, 0.5) is 14.7 Å². The van der Waals surface area contributed by atoms with E-state index >= 15 is 0 Å². The van der Waals surface area contributed by atoms with E-state index in [1.807, 2.05) is 30.3 Å². The highest BCUT2D eigenvalue weighted by Crippen LogP contribution is 2.33. The fraction of sp³-hybridized carbons (Fsp3) is 0.435. The third-order valence-corrected chi connectivity index (χ3v) is 6.16. The number of anilines is 1. The number of rotatable bonds is 7. The number of nitrogens with one attached hydrogen (secondary N) is 2. The van der Waals surface area contributed by atoms with Crippen LogP contribution in [0.15, 0.2) is 36.5 Å². The summed E-state index contributed by atoms with van der Waals surface area (Å²) in [5, 5.41) is 15.2. The Labute approximate surface area is 201 Å². The second kappa shape index (κ2) is 10.2. The summed E-state index contributed by atoms with van der Waals surface area (Å²) in [5.41, 5.74) is 0.200. The average molecular weight is 489 g/mol. The van der Waals surface area contributed by atoms with Gasteiger partial charge in [-0.05, 0) is 46.1 Å². The molecule has 0 aliphatic carbocycles. The van der Waals surface area contributed by atoms with E-state index in [-0.39, 0.29) is 12.5 Å². The predicted molar refractivity (Wildman–Crippen MR) is 125 cm³/mol. The number of urea groups is 1. The van der Waals surface area contributed by atoms with Crippen LogP contribution in [0.2, 0.25) is 0 Å². The molecule has 1 unspecified atom stereocenters. The average Bonchev–Trinajstić information content (AvgIpc) is 3.17. The van der Waals surface area contributed by atoms with Crippen molar-refractivity contribution < 1.29 is 29.0 Å². The fourth-order valence-corrected chi connectivity index (χ4v) is 4.40. The number of likely N-dealkylation sites (tertiary alicyclic amines) is 1. The number of carbonyl (C=O) groups excluding carboxylic acids is 3. The lowest BCUT2D eigenvalue weighted by Crippen LogP contribution is -2.68. The van der Waals surface area contributed by atoms with Crippen molar-refractivity contribution in [1.29, 1.82) is 0 Å². The van der Waals surface area contributed by atoms with Gasteiger partial charge in [-0.1, -0.05) is 30.3 Å². The van der Waals surface area contributed by atoms with Crippen LogP contribution < -0.4 is 10.6 Å². The summed E-state index contributed by atoms with van der Waals surface area (Å²) in [6.07, 6.45) is 1.55. The minimum Gasteiger partial charge on any atom is -0.480 e. The van der Waals surface area contributed by atoms with Crippen LogP contribution >= 0.6 is 11.3 Å². The van der Waals surface area contributed by atoms with Crippen molar-refractivity contribution in [2.24, 2.45) is 5.92 Å². The van der Waals surface area contributed by atoms with E-state index in [1.54, 1.807) is 33.9 Å². The summed E-state index contributed by atoms with van der Waals surface area (Å²) in [4.78, 5) is 54.6. The van der Waals surface area contributed by atoms with Gasteiger partial charge in [0, 0.05) is 11.1 Å². The number of aryl methyl sites for hydroxylation is 1. The molecule has 2 heterocycles. The maximum absolute atomic E-state index is 12.7. The zero-order chi connectivity index (χ0) is 25.0. The van der Waals surface area contributed by atoms with Gasteiger partial charge in [0.1, 0.15) is 5.60 Å². The lowest BCUT2D eigenvalue weighted by molar-refractivity contribution is -0.166. The second-order valence-corrected chi connectivity index (χ2v) is 10.1. The van der Waals surface area contributed by atoms with Crippen molar-refractivity contribution >= 4 is 40.5 Å². The van der Waals surface area contributed by atoms with E-state index in [4.69, 9.17) is 4.74 Å². The summed E-state index contributed by atoms with van der Waals surface area (Å²) < 4.78 is 5.18. The minimum absolute atomic E-state index is 0.238. The molecule has 1 aliphatic heterocycles. The quantitative estimate of drug-likeness (QED) is 0.504. The topological polar surface area (TPSA) is 138 Å². The molecule has 1 saturated heterocycles. The van der Waals surface area contributed by atoms with Crippen molar-refractivity contribution in [3.05, 3.63) is 47.0 Å². The first-order valence-electron chi connectivity index (χ1n) is 10.8. The highest BCUT2D eigenvalue weighted by molar-refractivity contribution is 7.15. The molecule has 3 rings (SSSR count). The van der Waals surface area contributed by atoms with Crippen molar-refractivity contribution in [2.75, 3.05) is 5.32 Å². The van der Waals surface area contributed by atoms with E-state index in [1.165, 1.54) is 11.3 Å². The van der Waals surface area contributed by atoms with Crippen LogP contribution in [0.3, 0.4) is 0 Å². The maximum Gasteiger partial charge on any atom is 0.413 e. The standard InChI is InChI=1S/C23H28N4O6S/c1-13(14-8-6-5-7-9-14)25-21(31)27-17(19(29)30)16(18(27)28)11-10-15-12-24-20(34-15)26-22(32)33-23(2,3)4/h5-9,12-13,16-17H,10-11H2,1-4H3,(H,25,31)(H,29,30)(H,24,26,32)/t13-,16?,17+/m1/s1. The van der Waals surface area contributed by atoms with Gasteiger partial charge in [0.2, 0.25) is 5.91 Å². The molecule has 1 aromatic carbocycles. The lowest BCUT2D eigenvalue weighted by Gasteiger charge is -2.43. The van der Waals surface area contributed by atoms with Crippen LogP contribution in [0.1, 0.15) is 50.6 Å². The molecule has 34 heavy (non-hydrogen) atoms. The predicted octanol–water partition coefficient (Wildman–Crippen LogP) is 3.81. The Kier molecular flexibility index (Phi) is 7.55. The van der Waals surface area contributed by atoms with Crippen molar-refractivity contribution in [3.63, 3.8) is 0 Å². The van der Waals surface area contributed by atoms with Gasteiger partial charge in [-0.15, -0.1) is 11.3 Å². The molecular formula is C23H28N4O6S. The third kappa shape index (κ3) is 6.10. The largest absolute Gasteiger partial charge is 0.480 e. The number of carbonyl (C=O) groups is 4. The van der Waals surface area contributed by atoms with Gasteiger partial charge in [0.15, 0.2) is 11.2 Å². The van der Waals surface area contributed by atoms with Gasteiger partial charge in [0.05, 0.1) is 12.0 Å². The Bertz CT molecular complexity index is 1060. The number of carboxylic acids is 1. The molecular weight excluding hydrogens is 460 g/mol. The zero-order valence-electron chi connectivity index (χ0n) is 19.4. The molecule has 1 aliphatic rings. The first-order chi connectivity index (χ1) is 16.0. The number of benzene rings is 1. The number of aliphatic carboxylic acids is 1. The highest BCUT2D eigenvalue weighted by Gasteiger charge is 2.54. The molecule has 11 heteroatoms. The van der Waals surface area contributed by atoms with E-state index in [0.29, 0.717) is 11.6 Å². The summed E-state index contributed by atoms with van der Waals surface area (Å²) in [7, 11) is 0. The number of thiazole rings is 1. The van der Waals surface area contributed by atoms with Gasteiger partial charge < -0.3 is 15.2 Å². The summed E-state index contributed by atoms with van der Waals surface area (Å²) in [6.45, 7) is 7.01. The van der Waals surface area contributed by atoms with Gasteiger partial charge in [-0.25, -0.2) is 24.3 Å². The Morgan fingerprint density at radius 2 is 1.91 bits per heavy atom. The molecule has 2 aromatic rings. The monoisotopic (exact) mass is 488 g/mol. The number of ether oxygens (including phenoxy) is 1. The number of hydrogen-bond donors (Lipinski definition) is 3. The minimum atomic E-state index is -1.23. The molecule has 182 valence electrons. The molecule has 1 fully saturated rings. The van der Waals surface area contributed by atoms with Crippen molar-refractivity contribution in [2.45, 2.75) is 58.2 Å². The highest BCUT2D eigenvalue weighted by atomic mass is 32.1. The SMILES string of the molecule is C[C@@H](NC(=O)N1C(=O)C(CCc2cnc(NC(=O)OC(C)(C)C)s2)[C@H]1C(=O)O)c1ccccc1. The maximum atomic E-state index is 12.7. The second-order valence-electron chi connectivity index (χ2n) is 8.98. The van der Waals surface area contributed by atoms with Crippen LogP contribution in [-0.2, 0) is 20.7 Å². The van der Waals surface area contributed by atoms with Gasteiger partial charge >= 0.3 is 18.1 Å². The number of hydrogen-bond acceptors (Lipinski definition) is 7. The number of imide groups is 1. The molecule has 0 spiro atoms. The van der Waals surface area contributed by atoms with Gasteiger partial charge in [0.25, 0.3) is 0 Å². The van der Waals surface area contributed by atoms with Crippen molar-refractivity contribution in [3.8, 4) is 0 Å². The summed E-state index contributed by atoms with van der Waals surface area (Å²) >= 11 is 1.21. The van der Waals surface area contributed by atoms with Crippen molar-refractivity contribution in [1.82, 2.24) is 15.2 Å². The number of carboxylic acid groups (broad SMARTS) is 1. The summed E-state index contributed by atoms with van der Waals surface area (Å²) in [5.74, 6) is -2.58. The van der Waals surface area contributed by atoms with Gasteiger partial charge in [-0.3, -0.25) is 10.1 Å². The first kappa shape index (κ1) is 25.2. The van der Waals surface area contributed by atoms with E-state index in [2.05, 4.69) is 15.6 Å². The number of aromatic nitrogens is 1. The van der Waals surface area contributed by atoms with Crippen LogP contribution in [0.25, 0.3) is 0 Å². The Balaban J connectivity index is 1.56. The molecule has 10 nitrogen and oxygen atoms in total. The van der Waals surface area contributed by atoms with Crippen LogP contribution in [-0.4, -0.2) is 50.6 Å². The molecule has 0 saturated carbocycles. The molecule has 3 atom stereocenters. The molecule has 4 amide bonds. The molecule has 0 radical (unpaired) electrons. The molecule has 0 bridgehead atoms. The Morgan fingerprint density at radius 1 is 1.24 bits per heavy atom. The number of nitrogens with zero attached hydrogens (tertiary/aromatic N) is 2. The molecule has 1 aromatic heterocycles. The number of β-lactam (4-membered cyclic amide) rings is 1. The number of amides is 4. The van der Waals surface area contributed by atoms with E-state index in [0.717, 1.165) is 15.3 Å². The summed E-state index contributed by atoms with van der Waals surface area (Å²) in [6, 6.07) is 6.83. The zero-order valence-corrected chi connectivity index (χ0v) is 20.2. The first-order valence-corrected chi connectivity index (χ1v) is 11.6. The molecule has 3 N–H and O–H groups in total. The van der Waals surface area contributed by atoms with Gasteiger partial charge in [-0.2, -0.15) is 0 Å². The van der Waals surface area contributed by atoms with E-state index < -0.39 is 41.6 Å². The fourth-order valence-electron chi connectivity index (χ4n) is 3.59.